The highest BCUT2D eigenvalue weighted by atomic mass is 35.5. The van der Waals surface area contributed by atoms with Gasteiger partial charge in [0.2, 0.25) is 5.82 Å². The zero-order valence-corrected chi connectivity index (χ0v) is 30.6. The minimum absolute atomic E-state index is 0.00161. The van der Waals surface area contributed by atoms with Gasteiger partial charge in [-0.25, -0.2) is 31.8 Å². The van der Waals surface area contributed by atoms with Gasteiger partial charge >= 0.3 is 6.18 Å². The summed E-state index contributed by atoms with van der Waals surface area (Å²) in [5.74, 6) is -25.8. The molecule has 6 atom stereocenters. The molecule has 0 radical (unpaired) electrons. The van der Waals surface area contributed by atoms with Crippen LogP contribution in [0.25, 0.3) is 0 Å². The zero-order chi connectivity index (χ0) is 41.1. The van der Waals surface area contributed by atoms with E-state index < -0.39 is 122 Å². The van der Waals surface area contributed by atoms with Crippen molar-refractivity contribution >= 4 is 69.9 Å². The van der Waals surface area contributed by atoms with E-state index in [1.165, 1.54) is 24.3 Å². The van der Waals surface area contributed by atoms with Crippen molar-refractivity contribution in [3.8, 4) is 11.5 Å². The molecule has 1 saturated carbocycles. The molecule has 2 aromatic carbocycles. The molecule has 56 heavy (non-hydrogen) atoms. The van der Waals surface area contributed by atoms with Crippen LogP contribution >= 0.6 is 34.8 Å². The number of rotatable bonds is 6. The third-order valence-corrected chi connectivity index (χ3v) is 12.3. The average Bonchev–Trinajstić information content (AvgIpc) is 3.48. The average molecular weight is 854 g/mol. The predicted molar refractivity (Wildman–Crippen MR) is 180 cm³/mol. The fourth-order valence-corrected chi connectivity index (χ4v) is 9.30. The SMILES string of the molecule is CCOc1cccc(C2C3=CCC4C(=O)N(N(C)c5nc(C(F)(F)F)ccc5Cl)C(=O)C4C3CC3(Cl)C(=O)N(c4c(F)c(F)c(F)c(F)c4F)C(=O)C23Cl)c1O. The largest absolute Gasteiger partial charge is 0.504 e. The van der Waals surface area contributed by atoms with Crippen molar-refractivity contribution in [2.45, 2.75) is 41.6 Å². The smallest absolute Gasteiger partial charge is 0.433 e. The van der Waals surface area contributed by atoms with E-state index in [2.05, 4.69) is 4.98 Å². The first-order valence-electron chi connectivity index (χ1n) is 16.4. The molecule has 2 aliphatic heterocycles. The van der Waals surface area contributed by atoms with Gasteiger partial charge in [0.25, 0.3) is 23.6 Å². The van der Waals surface area contributed by atoms with Crippen LogP contribution in [0.3, 0.4) is 0 Å². The summed E-state index contributed by atoms with van der Waals surface area (Å²) >= 11 is 20.4. The molecule has 1 N–H and O–H groups in total. The van der Waals surface area contributed by atoms with E-state index in [0.717, 1.165) is 13.1 Å². The van der Waals surface area contributed by atoms with Crippen molar-refractivity contribution in [1.29, 1.82) is 0 Å². The van der Waals surface area contributed by atoms with Crippen LogP contribution in [0.1, 0.15) is 36.9 Å². The first-order valence-corrected chi connectivity index (χ1v) is 17.6. The van der Waals surface area contributed by atoms with Gasteiger partial charge in [-0.3, -0.25) is 24.2 Å². The van der Waals surface area contributed by atoms with Gasteiger partial charge in [0.1, 0.15) is 11.4 Å². The first kappa shape index (κ1) is 39.6. The number of carbonyl (C=O) groups is 4. The van der Waals surface area contributed by atoms with Crippen LogP contribution in [0.4, 0.5) is 46.6 Å². The second kappa shape index (κ2) is 13.2. The Morgan fingerprint density at radius 1 is 0.929 bits per heavy atom. The molecule has 21 heteroatoms. The van der Waals surface area contributed by atoms with Crippen LogP contribution in [-0.2, 0) is 25.4 Å². The summed E-state index contributed by atoms with van der Waals surface area (Å²) in [4.78, 5) is 54.5. The number of hydrogen-bond donors (Lipinski definition) is 1. The lowest BCUT2D eigenvalue weighted by atomic mass is 9.56. The fraction of sp³-hybridized carbons (Fsp3) is 0.343. The Labute approximate surface area is 325 Å². The number of pyridine rings is 1. The van der Waals surface area contributed by atoms with Gasteiger partial charge in [-0.15, -0.1) is 23.2 Å². The first-order chi connectivity index (χ1) is 26.1. The minimum Gasteiger partial charge on any atom is -0.504 e. The van der Waals surface area contributed by atoms with Gasteiger partial charge in [0, 0.05) is 18.5 Å². The number of phenols is 1. The highest BCUT2D eigenvalue weighted by Gasteiger charge is 2.77. The van der Waals surface area contributed by atoms with Crippen molar-refractivity contribution in [3.63, 3.8) is 0 Å². The summed E-state index contributed by atoms with van der Waals surface area (Å²) in [7, 11) is 1.05. The second-order valence-corrected chi connectivity index (χ2v) is 15.0. The van der Waals surface area contributed by atoms with Crippen molar-refractivity contribution in [3.05, 3.63) is 87.3 Å². The number of halogens is 11. The number of phenolic OH excluding ortho intramolecular Hbond substituents is 1. The van der Waals surface area contributed by atoms with Gasteiger partial charge in [-0.2, -0.15) is 18.2 Å². The Morgan fingerprint density at radius 3 is 2.16 bits per heavy atom. The van der Waals surface area contributed by atoms with Gasteiger partial charge in [-0.05, 0) is 43.9 Å². The Kier molecular flexibility index (Phi) is 9.32. The number of allylic oxidation sites excluding steroid dienone is 2. The normalized spacial score (nSPS) is 27.3. The van der Waals surface area contributed by atoms with E-state index in [9.17, 15) is 50.6 Å². The maximum Gasteiger partial charge on any atom is 0.433 e. The van der Waals surface area contributed by atoms with Crippen LogP contribution in [-0.4, -0.2) is 62.1 Å². The quantitative estimate of drug-likeness (QED) is 0.0693. The number of hydrazine groups is 1. The predicted octanol–water partition coefficient (Wildman–Crippen LogP) is 7.17. The van der Waals surface area contributed by atoms with Crippen LogP contribution < -0.4 is 14.6 Å². The van der Waals surface area contributed by atoms with Crippen molar-refractivity contribution in [1.82, 2.24) is 9.99 Å². The number of fused-ring (bicyclic) bond motifs is 4. The number of anilines is 2. The van der Waals surface area contributed by atoms with Crippen LogP contribution in [0, 0.1) is 46.8 Å². The molecule has 2 aliphatic carbocycles. The molecule has 10 nitrogen and oxygen atoms in total. The highest BCUT2D eigenvalue weighted by molar-refractivity contribution is 6.58. The third-order valence-electron chi connectivity index (χ3n) is 10.6. The van der Waals surface area contributed by atoms with Gasteiger partial charge in [-0.1, -0.05) is 35.4 Å². The van der Waals surface area contributed by atoms with Crippen molar-refractivity contribution in [2.75, 3.05) is 23.6 Å². The van der Waals surface area contributed by atoms with Crippen LogP contribution in [0.2, 0.25) is 5.02 Å². The number of alkyl halides is 5. The summed E-state index contributed by atoms with van der Waals surface area (Å²) in [6, 6.07) is 5.30. The summed E-state index contributed by atoms with van der Waals surface area (Å²) in [5.41, 5.74) is -3.67. The molecular formula is C35H23Cl3F8N4O6. The number of benzene rings is 2. The molecular weight excluding hydrogens is 831 g/mol. The standard InChI is InChI=1S/C35H23Cl3F8N4O6/c1-3-56-17-6-4-5-14(27(17)51)20-12-7-8-13-19(30(53)50(29(13)52)48(2)28-16(36)9-10-18(47-28)35(44,45)46)15(12)11-33(37)31(54)49(32(55)34(20,33)38)26-24(42)22(40)21(39)23(41)25(26)43/h4-7,9-10,13,15,19-20,51H,3,8,11H2,1-2H3. The Hall–Kier alpha value is -4.68. The lowest BCUT2D eigenvalue weighted by Crippen LogP contribution is -2.60. The molecule has 0 spiro atoms. The number of ether oxygens (including phenoxy) is 1. The summed E-state index contributed by atoms with van der Waals surface area (Å²) in [6.07, 6.45) is -4.76. The lowest BCUT2D eigenvalue weighted by molar-refractivity contribution is -0.141. The Morgan fingerprint density at radius 2 is 1.55 bits per heavy atom. The molecule has 2 saturated heterocycles. The van der Waals surface area contributed by atoms with E-state index in [1.807, 2.05) is 0 Å². The monoisotopic (exact) mass is 852 g/mol. The third kappa shape index (κ3) is 5.23. The Balaban J connectivity index is 1.41. The van der Waals surface area contributed by atoms with Gasteiger partial charge in [0.15, 0.2) is 50.3 Å². The van der Waals surface area contributed by atoms with Gasteiger partial charge < -0.3 is 9.84 Å². The van der Waals surface area contributed by atoms with Crippen LogP contribution in [0.15, 0.2) is 42.0 Å². The minimum atomic E-state index is -4.95. The molecule has 4 aliphatic rings. The molecule has 3 aromatic rings. The highest BCUT2D eigenvalue weighted by Crippen LogP contribution is 2.67. The maximum atomic E-state index is 15.3. The summed E-state index contributed by atoms with van der Waals surface area (Å²) < 4.78 is 120. The number of hydrogen-bond acceptors (Lipinski definition) is 8. The molecule has 6 unspecified atom stereocenters. The number of carbonyl (C=O) groups excluding carboxylic acids is 4. The number of nitrogens with zero attached hydrogens (tertiary/aromatic N) is 4. The van der Waals surface area contributed by atoms with E-state index >= 15 is 8.78 Å². The molecule has 0 bridgehead atoms. The number of aromatic nitrogens is 1. The number of imide groups is 2. The van der Waals surface area contributed by atoms with Crippen molar-refractivity contribution in [2.24, 2.45) is 17.8 Å². The summed E-state index contributed by atoms with van der Waals surface area (Å²) in [6.45, 7) is 1.56. The number of amides is 4. The molecule has 1 aromatic heterocycles. The zero-order valence-electron chi connectivity index (χ0n) is 28.3. The molecule has 7 rings (SSSR count). The molecule has 3 heterocycles. The van der Waals surface area contributed by atoms with Gasteiger partial charge in [0.05, 0.1) is 23.5 Å². The molecule has 296 valence electrons. The maximum absolute atomic E-state index is 15.3. The Bertz CT molecular complexity index is 2290. The summed E-state index contributed by atoms with van der Waals surface area (Å²) in [5, 5.41) is 12.3. The van der Waals surface area contributed by atoms with E-state index in [-0.39, 0.29) is 39.8 Å². The molecule has 3 fully saturated rings. The van der Waals surface area contributed by atoms with E-state index in [0.29, 0.717) is 16.1 Å². The topological polar surface area (TPSA) is 120 Å². The van der Waals surface area contributed by atoms with Crippen LogP contribution in [0.5, 0.6) is 11.5 Å². The fourth-order valence-electron chi connectivity index (χ4n) is 8.15. The number of para-hydroxylation sites is 1. The van der Waals surface area contributed by atoms with E-state index in [4.69, 9.17) is 39.5 Å². The second-order valence-electron chi connectivity index (χ2n) is 13.3. The van der Waals surface area contributed by atoms with E-state index in [1.54, 1.807) is 6.92 Å². The molecule has 4 amide bonds. The number of aromatic hydroxyl groups is 1. The van der Waals surface area contributed by atoms with Crippen molar-refractivity contribution < 1.29 is 64.1 Å². The lowest BCUT2D eigenvalue weighted by Gasteiger charge is -2.50.